The molecule has 0 bridgehead atoms. The van der Waals surface area contributed by atoms with E-state index in [9.17, 15) is 4.79 Å². The summed E-state index contributed by atoms with van der Waals surface area (Å²) in [6, 6.07) is 11.8. The van der Waals surface area contributed by atoms with E-state index >= 15 is 0 Å². The zero-order valence-corrected chi connectivity index (χ0v) is 16.8. The minimum absolute atomic E-state index is 0.137. The van der Waals surface area contributed by atoms with Crippen LogP contribution in [0.5, 0.6) is 0 Å². The fourth-order valence-electron chi connectivity index (χ4n) is 2.82. The summed E-state index contributed by atoms with van der Waals surface area (Å²) in [6.45, 7) is 7.17. The van der Waals surface area contributed by atoms with Crippen LogP contribution in [0.4, 0.5) is 10.8 Å². The number of aromatic nitrogens is 3. The molecule has 0 saturated carbocycles. The van der Waals surface area contributed by atoms with E-state index in [1.807, 2.05) is 43.3 Å². The molecule has 0 spiro atoms. The van der Waals surface area contributed by atoms with Crippen LogP contribution in [0, 0.1) is 13.8 Å². The SMILES string of the molecule is CCCn1c(C)cc(C(=O)CSc2nnc(Nc3ccccc3)s2)c1C. The molecule has 0 radical (unpaired) electrons. The second-order valence-corrected chi connectivity index (χ2v) is 8.21. The summed E-state index contributed by atoms with van der Waals surface area (Å²) < 4.78 is 3.00. The second kappa shape index (κ2) is 8.51. The number of rotatable bonds is 8. The third kappa shape index (κ3) is 4.34. The van der Waals surface area contributed by atoms with E-state index in [2.05, 4.69) is 33.9 Å². The lowest BCUT2D eigenvalue weighted by molar-refractivity contribution is 0.102. The number of nitrogens with zero attached hydrogens (tertiary/aromatic N) is 3. The van der Waals surface area contributed by atoms with Gasteiger partial charge in [-0.3, -0.25) is 4.79 Å². The van der Waals surface area contributed by atoms with Crippen LogP contribution in [0.2, 0.25) is 0 Å². The Morgan fingerprint density at radius 2 is 2.00 bits per heavy atom. The minimum Gasteiger partial charge on any atom is -0.348 e. The van der Waals surface area contributed by atoms with Crippen molar-refractivity contribution in [1.82, 2.24) is 14.8 Å². The molecule has 0 saturated heterocycles. The summed E-state index contributed by atoms with van der Waals surface area (Å²) in [5, 5.41) is 12.3. The maximum atomic E-state index is 12.6. The third-order valence-corrected chi connectivity index (χ3v) is 6.05. The molecular weight excluding hydrogens is 364 g/mol. The Morgan fingerprint density at radius 3 is 2.73 bits per heavy atom. The lowest BCUT2D eigenvalue weighted by Gasteiger charge is -2.07. The van der Waals surface area contributed by atoms with Gasteiger partial charge in [0.1, 0.15) is 0 Å². The number of hydrogen-bond acceptors (Lipinski definition) is 6. The van der Waals surface area contributed by atoms with Crippen LogP contribution >= 0.6 is 23.1 Å². The molecule has 2 heterocycles. The minimum atomic E-state index is 0.137. The van der Waals surface area contributed by atoms with Crippen LogP contribution in [0.25, 0.3) is 0 Å². The molecule has 1 aromatic carbocycles. The van der Waals surface area contributed by atoms with Gasteiger partial charge in [0.15, 0.2) is 10.1 Å². The van der Waals surface area contributed by atoms with E-state index in [4.69, 9.17) is 0 Å². The molecule has 0 aliphatic carbocycles. The van der Waals surface area contributed by atoms with Crippen molar-refractivity contribution in [3.63, 3.8) is 0 Å². The second-order valence-electron chi connectivity index (χ2n) is 6.01. The predicted molar refractivity (Wildman–Crippen MR) is 109 cm³/mol. The molecule has 0 aliphatic rings. The van der Waals surface area contributed by atoms with E-state index in [0.717, 1.165) is 45.1 Å². The first-order valence-corrected chi connectivity index (χ1v) is 10.4. The molecule has 5 nitrogen and oxygen atoms in total. The Bertz CT molecular complexity index is 886. The van der Waals surface area contributed by atoms with E-state index in [1.54, 1.807) is 0 Å². The lowest BCUT2D eigenvalue weighted by Crippen LogP contribution is -2.06. The average Bonchev–Trinajstić information content (AvgIpc) is 3.20. The zero-order chi connectivity index (χ0) is 18.5. The van der Waals surface area contributed by atoms with Crippen LogP contribution in [-0.2, 0) is 6.54 Å². The highest BCUT2D eigenvalue weighted by Crippen LogP contribution is 2.28. The Morgan fingerprint density at radius 1 is 1.23 bits per heavy atom. The van der Waals surface area contributed by atoms with E-state index < -0.39 is 0 Å². The number of carbonyl (C=O) groups is 1. The van der Waals surface area contributed by atoms with Gasteiger partial charge < -0.3 is 9.88 Å². The van der Waals surface area contributed by atoms with Gasteiger partial charge in [0.05, 0.1) is 5.75 Å². The standard InChI is InChI=1S/C19H22N4OS2/c1-4-10-23-13(2)11-16(14(23)3)17(24)12-25-19-22-21-18(26-19)20-15-8-6-5-7-9-15/h5-9,11H,4,10,12H2,1-3H3,(H,20,21). The van der Waals surface area contributed by atoms with Crippen molar-refractivity contribution in [2.24, 2.45) is 0 Å². The van der Waals surface area contributed by atoms with Crippen molar-refractivity contribution in [2.75, 3.05) is 11.1 Å². The molecule has 7 heteroatoms. The van der Waals surface area contributed by atoms with Gasteiger partial charge in [0.2, 0.25) is 5.13 Å². The molecule has 136 valence electrons. The fraction of sp³-hybridized carbons (Fsp3) is 0.316. The smallest absolute Gasteiger partial charge is 0.210 e. The first kappa shape index (κ1) is 18.7. The molecule has 0 atom stereocenters. The summed E-state index contributed by atoms with van der Waals surface area (Å²) in [6.07, 6.45) is 1.06. The number of carbonyl (C=O) groups excluding carboxylic acids is 1. The summed E-state index contributed by atoms with van der Waals surface area (Å²) in [7, 11) is 0. The summed E-state index contributed by atoms with van der Waals surface area (Å²) >= 11 is 2.90. The van der Waals surface area contributed by atoms with Crippen LogP contribution < -0.4 is 5.32 Å². The number of ketones is 1. The zero-order valence-electron chi connectivity index (χ0n) is 15.2. The van der Waals surface area contributed by atoms with Gasteiger partial charge in [0, 0.05) is 29.2 Å². The van der Waals surface area contributed by atoms with Gasteiger partial charge in [-0.25, -0.2) is 0 Å². The predicted octanol–water partition coefficient (Wildman–Crippen LogP) is 5.09. The van der Waals surface area contributed by atoms with E-state index in [0.29, 0.717) is 5.75 Å². The molecule has 3 aromatic rings. The Kier molecular flexibility index (Phi) is 6.11. The molecular formula is C19H22N4OS2. The number of hydrogen-bond donors (Lipinski definition) is 1. The van der Waals surface area contributed by atoms with Gasteiger partial charge in [-0.2, -0.15) is 0 Å². The Balaban J connectivity index is 1.61. The third-order valence-electron chi connectivity index (χ3n) is 4.08. The maximum absolute atomic E-state index is 12.6. The van der Waals surface area contributed by atoms with Gasteiger partial charge in [-0.15, -0.1) is 10.2 Å². The molecule has 0 fully saturated rings. The topological polar surface area (TPSA) is 59.8 Å². The van der Waals surface area contributed by atoms with Gasteiger partial charge in [-0.1, -0.05) is 48.2 Å². The van der Waals surface area contributed by atoms with Crippen molar-refractivity contribution in [3.8, 4) is 0 Å². The molecule has 3 rings (SSSR count). The lowest BCUT2D eigenvalue weighted by atomic mass is 10.2. The first-order valence-electron chi connectivity index (χ1n) is 8.56. The molecule has 2 aromatic heterocycles. The van der Waals surface area contributed by atoms with E-state index in [-0.39, 0.29) is 5.78 Å². The normalized spacial score (nSPS) is 10.9. The van der Waals surface area contributed by atoms with Crippen molar-refractivity contribution < 1.29 is 4.79 Å². The Labute approximate surface area is 161 Å². The highest BCUT2D eigenvalue weighted by atomic mass is 32.2. The van der Waals surface area contributed by atoms with Crippen molar-refractivity contribution >= 4 is 39.7 Å². The summed E-state index contributed by atoms with van der Waals surface area (Å²) in [5.74, 6) is 0.509. The molecule has 1 N–H and O–H groups in total. The number of aryl methyl sites for hydroxylation is 1. The number of Topliss-reactive ketones (excluding diaryl/α,β-unsaturated/α-hetero) is 1. The van der Waals surface area contributed by atoms with Crippen molar-refractivity contribution in [3.05, 3.63) is 53.3 Å². The van der Waals surface area contributed by atoms with Crippen molar-refractivity contribution in [2.45, 2.75) is 38.1 Å². The summed E-state index contributed by atoms with van der Waals surface area (Å²) in [4.78, 5) is 12.6. The highest BCUT2D eigenvalue weighted by molar-refractivity contribution is 8.01. The first-order chi connectivity index (χ1) is 12.6. The number of anilines is 2. The van der Waals surface area contributed by atoms with Crippen LogP contribution in [0.3, 0.4) is 0 Å². The number of benzene rings is 1. The monoisotopic (exact) mass is 386 g/mol. The Hall–Kier alpha value is -2.12. The summed E-state index contributed by atoms with van der Waals surface area (Å²) in [5.41, 5.74) is 3.98. The van der Waals surface area contributed by atoms with Crippen LogP contribution in [0.15, 0.2) is 40.7 Å². The molecule has 0 amide bonds. The number of thioether (sulfide) groups is 1. The number of para-hydroxylation sites is 1. The quantitative estimate of drug-likeness (QED) is 0.432. The number of nitrogens with one attached hydrogen (secondary N) is 1. The van der Waals surface area contributed by atoms with Crippen LogP contribution in [-0.4, -0.2) is 26.3 Å². The van der Waals surface area contributed by atoms with E-state index in [1.165, 1.54) is 23.1 Å². The maximum Gasteiger partial charge on any atom is 0.210 e. The van der Waals surface area contributed by atoms with Gasteiger partial charge in [-0.05, 0) is 38.5 Å². The largest absolute Gasteiger partial charge is 0.348 e. The van der Waals surface area contributed by atoms with Crippen molar-refractivity contribution in [1.29, 1.82) is 0 Å². The fourth-order valence-corrected chi connectivity index (χ4v) is 4.48. The average molecular weight is 387 g/mol. The molecule has 26 heavy (non-hydrogen) atoms. The highest BCUT2D eigenvalue weighted by Gasteiger charge is 2.16. The van der Waals surface area contributed by atoms with Gasteiger partial charge >= 0.3 is 0 Å². The molecule has 0 aliphatic heterocycles. The van der Waals surface area contributed by atoms with Gasteiger partial charge in [0.25, 0.3) is 0 Å². The molecule has 0 unspecified atom stereocenters. The van der Waals surface area contributed by atoms with Crippen LogP contribution in [0.1, 0.15) is 35.1 Å².